The number of aromatic amines is 1. The van der Waals surface area contributed by atoms with E-state index in [9.17, 15) is 39.3 Å². The molecule has 1 heterocycles. The molecule has 0 aliphatic carbocycles. The number of aliphatic hydroxyl groups excluding tert-OH is 1. The lowest BCUT2D eigenvalue weighted by Crippen LogP contribution is -2.59. The zero-order chi connectivity index (χ0) is 31.7. The lowest BCUT2D eigenvalue weighted by Gasteiger charge is -2.26. The smallest absolute Gasteiger partial charge is 0.328 e. The molecular weight excluding hydrogens is 560 g/mol. The summed E-state index contributed by atoms with van der Waals surface area (Å²) in [6, 6.07) is 7.76. The van der Waals surface area contributed by atoms with Gasteiger partial charge in [0, 0.05) is 36.4 Å². The Bertz CT molecular complexity index is 1450. The van der Waals surface area contributed by atoms with Crippen molar-refractivity contribution in [2.75, 3.05) is 0 Å². The molecule has 14 heteroatoms. The van der Waals surface area contributed by atoms with Gasteiger partial charge in [-0.15, -0.1) is 0 Å². The zero-order valence-electron chi connectivity index (χ0n) is 23.4. The number of hydrogen-bond acceptors (Lipinski definition) is 8. The van der Waals surface area contributed by atoms with E-state index in [-0.39, 0.29) is 31.4 Å². The van der Waals surface area contributed by atoms with Gasteiger partial charge in [0.05, 0.1) is 12.1 Å². The van der Waals surface area contributed by atoms with Gasteiger partial charge < -0.3 is 47.7 Å². The second-order valence-electron chi connectivity index (χ2n) is 10.2. The summed E-state index contributed by atoms with van der Waals surface area (Å²) >= 11 is 0. The molecule has 230 valence electrons. The number of para-hydroxylation sites is 1. The van der Waals surface area contributed by atoms with E-state index in [1.807, 2.05) is 18.2 Å². The molecule has 0 saturated carbocycles. The zero-order valence-corrected chi connectivity index (χ0v) is 23.4. The molecular formula is C29H36N6O8. The third-order valence-corrected chi connectivity index (χ3v) is 6.83. The number of carbonyl (C=O) groups excluding carboxylic acids is 4. The second-order valence-corrected chi connectivity index (χ2v) is 10.2. The first-order valence-corrected chi connectivity index (χ1v) is 13.5. The van der Waals surface area contributed by atoms with E-state index in [2.05, 4.69) is 20.9 Å². The van der Waals surface area contributed by atoms with Gasteiger partial charge in [-0.2, -0.15) is 0 Å². The van der Waals surface area contributed by atoms with Crippen LogP contribution in [0.25, 0.3) is 10.9 Å². The van der Waals surface area contributed by atoms with Crippen LogP contribution in [0.15, 0.2) is 54.7 Å². The average Bonchev–Trinajstić information content (AvgIpc) is 3.37. The maximum Gasteiger partial charge on any atom is 0.328 e. The minimum absolute atomic E-state index is 0.0104. The minimum Gasteiger partial charge on any atom is -0.508 e. The number of aliphatic carboxylic acids is 1. The molecule has 0 aliphatic rings. The molecule has 2 aromatic carbocycles. The standard InChI is InChI=1S/C29H36N6O8/c1-15(36)25(29(42)43)35-28(41)23(13-17-14-32-21-5-3-2-4-19(17)21)34-27(40)22(12-16-6-8-18(37)9-7-16)33-26(39)20(30)10-11-24(31)38/h2-9,14-15,20,22-23,25,32,36-37H,10-13,30H2,1H3,(H2,31,38)(H,33,39)(H,34,40)(H,35,41)(H,42,43). The first kappa shape index (κ1) is 32.6. The van der Waals surface area contributed by atoms with Crippen LogP contribution in [-0.4, -0.2) is 80.2 Å². The van der Waals surface area contributed by atoms with Gasteiger partial charge in [0.25, 0.3) is 0 Å². The number of aromatic nitrogens is 1. The summed E-state index contributed by atoms with van der Waals surface area (Å²) in [5.74, 6) is -4.53. The number of benzene rings is 2. The van der Waals surface area contributed by atoms with E-state index in [1.54, 1.807) is 24.4 Å². The van der Waals surface area contributed by atoms with Crippen LogP contribution in [0.2, 0.25) is 0 Å². The predicted molar refractivity (Wildman–Crippen MR) is 155 cm³/mol. The molecule has 3 rings (SSSR count). The topological polar surface area (TPSA) is 250 Å². The maximum atomic E-state index is 13.7. The summed E-state index contributed by atoms with van der Waals surface area (Å²) in [5.41, 5.74) is 13.0. The SMILES string of the molecule is CC(O)C(NC(=O)C(Cc1c[nH]c2ccccc12)NC(=O)C(Cc1ccc(O)cc1)NC(=O)C(N)CCC(N)=O)C(=O)O. The van der Waals surface area contributed by atoms with E-state index < -0.39 is 59.9 Å². The Kier molecular flexibility index (Phi) is 11.2. The van der Waals surface area contributed by atoms with Crippen LogP contribution >= 0.6 is 0 Å². The van der Waals surface area contributed by atoms with Crippen molar-refractivity contribution < 1.29 is 39.3 Å². The van der Waals surface area contributed by atoms with Crippen molar-refractivity contribution >= 4 is 40.5 Å². The van der Waals surface area contributed by atoms with E-state index in [4.69, 9.17) is 11.5 Å². The summed E-state index contributed by atoms with van der Waals surface area (Å²) in [7, 11) is 0. The number of phenols is 1. The van der Waals surface area contributed by atoms with Gasteiger partial charge in [0.1, 0.15) is 17.8 Å². The van der Waals surface area contributed by atoms with E-state index in [0.29, 0.717) is 11.1 Å². The summed E-state index contributed by atoms with van der Waals surface area (Å²) in [6.07, 6.45) is -0.109. The van der Waals surface area contributed by atoms with Gasteiger partial charge in [0.2, 0.25) is 23.6 Å². The third-order valence-electron chi connectivity index (χ3n) is 6.83. The van der Waals surface area contributed by atoms with Crippen molar-refractivity contribution in [1.82, 2.24) is 20.9 Å². The largest absolute Gasteiger partial charge is 0.508 e. The minimum atomic E-state index is -1.65. The fourth-order valence-electron chi connectivity index (χ4n) is 4.43. The molecule has 1 aromatic heterocycles. The second kappa shape index (κ2) is 14.8. The number of carboxylic acid groups (broad SMARTS) is 1. The fourth-order valence-corrected chi connectivity index (χ4v) is 4.43. The molecule has 0 spiro atoms. The Hall–Kier alpha value is -4.95. The highest BCUT2D eigenvalue weighted by molar-refractivity contribution is 5.95. The molecule has 0 saturated heterocycles. The molecule has 5 atom stereocenters. The maximum absolute atomic E-state index is 13.7. The molecule has 11 N–H and O–H groups in total. The van der Waals surface area contributed by atoms with Crippen molar-refractivity contribution in [2.24, 2.45) is 11.5 Å². The Morgan fingerprint density at radius 1 is 0.884 bits per heavy atom. The number of carbonyl (C=O) groups is 5. The molecule has 0 bridgehead atoms. The molecule has 0 fully saturated rings. The number of primary amides is 1. The van der Waals surface area contributed by atoms with Crippen molar-refractivity contribution in [3.8, 4) is 5.75 Å². The van der Waals surface area contributed by atoms with Crippen LogP contribution in [0.5, 0.6) is 5.75 Å². The number of rotatable bonds is 15. The number of fused-ring (bicyclic) bond motifs is 1. The summed E-state index contributed by atoms with van der Waals surface area (Å²) in [4.78, 5) is 65.7. The number of nitrogens with one attached hydrogen (secondary N) is 4. The number of phenolic OH excluding ortho intramolecular Hbond substituents is 1. The van der Waals surface area contributed by atoms with Crippen LogP contribution in [0.4, 0.5) is 0 Å². The molecule has 0 radical (unpaired) electrons. The lowest BCUT2D eigenvalue weighted by molar-refractivity contribution is -0.145. The number of H-pyrrole nitrogens is 1. The number of amides is 4. The molecule has 14 nitrogen and oxygen atoms in total. The number of aliphatic hydroxyl groups is 1. The monoisotopic (exact) mass is 596 g/mol. The number of hydrogen-bond donors (Lipinski definition) is 9. The van der Waals surface area contributed by atoms with E-state index in [1.165, 1.54) is 19.1 Å². The van der Waals surface area contributed by atoms with E-state index in [0.717, 1.165) is 10.9 Å². The summed E-state index contributed by atoms with van der Waals surface area (Å²) < 4.78 is 0. The highest BCUT2D eigenvalue weighted by atomic mass is 16.4. The third kappa shape index (κ3) is 9.28. The highest BCUT2D eigenvalue weighted by Gasteiger charge is 2.32. The van der Waals surface area contributed by atoms with E-state index >= 15 is 0 Å². The van der Waals surface area contributed by atoms with Gasteiger partial charge in [0.15, 0.2) is 6.04 Å². The molecule has 43 heavy (non-hydrogen) atoms. The normalized spacial score (nSPS) is 14.6. The quantitative estimate of drug-likeness (QED) is 0.106. The van der Waals surface area contributed by atoms with Crippen LogP contribution in [0, 0.1) is 0 Å². The Morgan fingerprint density at radius 2 is 1.49 bits per heavy atom. The van der Waals surface area contributed by atoms with Crippen LogP contribution in [0.1, 0.15) is 30.9 Å². The van der Waals surface area contributed by atoms with Crippen LogP contribution < -0.4 is 27.4 Å². The Labute approximate surface area is 246 Å². The molecule has 0 aliphatic heterocycles. The first-order chi connectivity index (χ1) is 20.3. The molecule has 4 amide bonds. The molecule has 5 unspecified atom stereocenters. The predicted octanol–water partition coefficient (Wildman–Crippen LogP) is -0.829. The van der Waals surface area contributed by atoms with Crippen LogP contribution in [-0.2, 0) is 36.8 Å². The number of nitrogens with two attached hydrogens (primary N) is 2. The number of aromatic hydroxyl groups is 1. The summed E-state index contributed by atoms with van der Waals surface area (Å²) in [6.45, 7) is 1.21. The molecule has 3 aromatic rings. The van der Waals surface area contributed by atoms with Crippen molar-refractivity contribution in [3.05, 3.63) is 65.9 Å². The van der Waals surface area contributed by atoms with Gasteiger partial charge in [-0.3, -0.25) is 19.2 Å². The van der Waals surface area contributed by atoms with Gasteiger partial charge >= 0.3 is 5.97 Å². The van der Waals surface area contributed by atoms with Crippen LogP contribution in [0.3, 0.4) is 0 Å². The van der Waals surface area contributed by atoms with Gasteiger partial charge in [-0.25, -0.2) is 4.79 Å². The summed E-state index contributed by atoms with van der Waals surface area (Å²) in [5, 5.41) is 37.2. The van der Waals surface area contributed by atoms with Crippen molar-refractivity contribution in [3.63, 3.8) is 0 Å². The van der Waals surface area contributed by atoms with Gasteiger partial charge in [-0.05, 0) is 42.7 Å². The number of carboxylic acids is 1. The lowest BCUT2D eigenvalue weighted by atomic mass is 10.0. The van der Waals surface area contributed by atoms with Crippen molar-refractivity contribution in [1.29, 1.82) is 0 Å². The highest BCUT2D eigenvalue weighted by Crippen LogP contribution is 2.20. The Morgan fingerprint density at radius 3 is 2.12 bits per heavy atom. The average molecular weight is 597 g/mol. The first-order valence-electron chi connectivity index (χ1n) is 13.5. The van der Waals surface area contributed by atoms with Crippen molar-refractivity contribution in [2.45, 2.75) is 62.9 Å². The van der Waals surface area contributed by atoms with Gasteiger partial charge in [-0.1, -0.05) is 30.3 Å². The fraction of sp³-hybridized carbons (Fsp3) is 0.345. The Balaban J connectivity index is 1.90.